The molecule has 2 aromatic rings. The molecule has 0 heterocycles. The largest absolute Gasteiger partial charge is 0.305 e. The quantitative estimate of drug-likeness (QED) is 0.856. The van der Waals surface area contributed by atoms with Crippen LogP contribution in [0.5, 0.6) is 0 Å². The molecule has 0 aliphatic heterocycles. The van der Waals surface area contributed by atoms with Crippen LogP contribution in [-0.2, 0) is 13.0 Å². The second kappa shape index (κ2) is 7.47. The molecule has 0 aliphatic rings. The van der Waals surface area contributed by atoms with Gasteiger partial charge < -0.3 is 5.32 Å². The van der Waals surface area contributed by atoms with Gasteiger partial charge >= 0.3 is 0 Å². The zero-order valence-electron chi connectivity index (χ0n) is 11.8. The molecule has 1 N–H and O–H groups in total. The molecule has 102 valence electrons. The van der Waals surface area contributed by atoms with Crippen molar-refractivity contribution in [1.82, 2.24) is 5.32 Å². The minimum Gasteiger partial charge on any atom is -0.305 e. The van der Waals surface area contributed by atoms with Crippen molar-refractivity contribution in [3.8, 4) is 6.07 Å². The minimum absolute atomic E-state index is 0.0899. The van der Waals surface area contributed by atoms with Crippen molar-refractivity contribution in [3.05, 3.63) is 71.3 Å². The lowest BCUT2D eigenvalue weighted by Gasteiger charge is -2.16. The molecule has 2 aromatic carbocycles. The summed E-state index contributed by atoms with van der Waals surface area (Å²) in [5.41, 5.74) is 3.77. The molecule has 0 aromatic heterocycles. The van der Waals surface area contributed by atoms with Crippen LogP contribution in [0.25, 0.3) is 0 Å². The highest BCUT2D eigenvalue weighted by Gasteiger charge is 2.09. The van der Waals surface area contributed by atoms with Gasteiger partial charge in [0.25, 0.3) is 0 Å². The van der Waals surface area contributed by atoms with Crippen LogP contribution in [0.2, 0.25) is 0 Å². The van der Waals surface area contributed by atoms with Crippen molar-refractivity contribution >= 4 is 0 Å². The average Bonchev–Trinajstić information content (AvgIpc) is 2.53. The zero-order valence-corrected chi connectivity index (χ0v) is 11.8. The Morgan fingerprint density at radius 2 is 1.65 bits per heavy atom. The fraction of sp³-hybridized carbons (Fsp3) is 0.278. The molecule has 0 amide bonds. The first kappa shape index (κ1) is 14.3. The Morgan fingerprint density at radius 3 is 2.25 bits per heavy atom. The molecule has 0 saturated heterocycles. The van der Waals surface area contributed by atoms with E-state index in [9.17, 15) is 0 Å². The van der Waals surface area contributed by atoms with Crippen LogP contribution in [0.15, 0.2) is 54.6 Å². The number of benzene rings is 2. The van der Waals surface area contributed by atoms with E-state index in [4.69, 9.17) is 5.26 Å². The average molecular weight is 264 g/mol. The Balaban J connectivity index is 2.00. The van der Waals surface area contributed by atoms with Crippen LogP contribution in [0.4, 0.5) is 0 Å². The van der Waals surface area contributed by atoms with E-state index in [1.54, 1.807) is 0 Å². The topological polar surface area (TPSA) is 35.8 Å². The highest BCUT2D eigenvalue weighted by Crippen LogP contribution is 2.16. The van der Waals surface area contributed by atoms with E-state index in [0.29, 0.717) is 6.42 Å². The summed E-state index contributed by atoms with van der Waals surface area (Å²) in [6.07, 6.45) is 1.55. The third-order valence-corrected chi connectivity index (χ3v) is 3.48. The number of rotatable bonds is 6. The zero-order chi connectivity index (χ0) is 14.2. The van der Waals surface area contributed by atoms with Gasteiger partial charge in [-0.3, -0.25) is 0 Å². The summed E-state index contributed by atoms with van der Waals surface area (Å²) in [4.78, 5) is 0. The maximum atomic E-state index is 8.97. The van der Waals surface area contributed by atoms with Crippen molar-refractivity contribution in [2.75, 3.05) is 0 Å². The molecule has 1 unspecified atom stereocenters. The summed E-state index contributed by atoms with van der Waals surface area (Å²) in [6.45, 7) is 2.94. The van der Waals surface area contributed by atoms with Crippen LogP contribution < -0.4 is 5.32 Å². The van der Waals surface area contributed by atoms with Crippen LogP contribution in [0.1, 0.15) is 36.1 Å². The maximum Gasteiger partial charge on any atom is 0.0641 e. The molecule has 2 heteroatoms. The third kappa shape index (κ3) is 3.94. The van der Waals surface area contributed by atoms with E-state index in [1.165, 1.54) is 16.7 Å². The van der Waals surface area contributed by atoms with Crippen molar-refractivity contribution in [2.45, 2.75) is 32.4 Å². The minimum atomic E-state index is 0.0899. The van der Waals surface area contributed by atoms with E-state index in [1.807, 2.05) is 18.2 Å². The first-order chi connectivity index (χ1) is 9.83. The second-order valence-electron chi connectivity index (χ2n) is 4.88. The molecule has 0 bridgehead atoms. The normalized spacial score (nSPS) is 11.8. The Kier molecular flexibility index (Phi) is 5.34. The predicted octanol–water partition coefficient (Wildman–Crippen LogP) is 3.99. The van der Waals surface area contributed by atoms with Crippen molar-refractivity contribution < 1.29 is 0 Å². The molecule has 20 heavy (non-hydrogen) atoms. The highest BCUT2D eigenvalue weighted by atomic mass is 14.9. The van der Waals surface area contributed by atoms with Gasteiger partial charge in [-0.2, -0.15) is 5.26 Å². The SMILES string of the molecule is CCc1ccc(CNC(CC#N)c2ccccc2)cc1. The molecule has 1 atom stereocenters. The van der Waals surface area contributed by atoms with E-state index < -0.39 is 0 Å². The fourth-order valence-corrected chi connectivity index (χ4v) is 2.22. The summed E-state index contributed by atoms with van der Waals surface area (Å²) in [6, 6.07) is 21.1. The molecule has 0 saturated carbocycles. The molecule has 0 radical (unpaired) electrons. The molecular formula is C18H20N2. The molecular weight excluding hydrogens is 244 g/mol. The van der Waals surface area contributed by atoms with E-state index in [0.717, 1.165) is 13.0 Å². The number of nitriles is 1. The van der Waals surface area contributed by atoms with Gasteiger partial charge in [-0.15, -0.1) is 0 Å². The van der Waals surface area contributed by atoms with Gasteiger partial charge in [-0.1, -0.05) is 61.5 Å². The van der Waals surface area contributed by atoms with Gasteiger partial charge in [0.1, 0.15) is 0 Å². The predicted molar refractivity (Wildman–Crippen MR) is 82.1 cm³/mol. The third-order valence-electron chi connectivity index (χ3n) is 3.48. The van der Waals surface area contributed by atoms with Gasteiger partial charge in [0.2, 0.25) is 0 Å². The lowest BCUT2D eigenvalue weighted by atomic mass is 10.0. The first-order valence-corrected chi connectivity index (χ1v) is 7.06. The van der Waals surface area contributed by atoms with Crippen molar-refractivity contribution in [1.29, 1.82) is 5.26 Å². The fourth-order valence-electron chi connectivity index (χ4n) is 2.22. The summed E-state index contributed by atoms with van der Waals surface area (Å²) in [5, 5.41) is 12.4. The Labute approximate surface area is 121 Å². The van der Waals surface area contributed by atoms with Gasteiger partial charge in [0.05, 0.1) is 12.5 Å². The Morgan fingerprint density at radius 1 is 1.00 bits per heavy atom. The van der Waals surface area contributed by atoms with Gasteiger partial charge in [-0.05, 0) is 23.1 Å². The van der Waals surface area contributed by atoms with Crippen LogP contribution in [-0.4, -0.2) is 0 Å². The lowest BCUT2D eigenvalue weighted by Crippen LogP contribution is -2.20. The summed E-state index contributed by atoms with van der Waals surface area (Å²) in [7, 11) is 0. The Bertz CT molecular complexity index is 552. The summed E-state index contributed by atoms with van der Waals surface area (Å²) in [5.74, 6) is 0. The standard InChI is InChI=1S/C18H20N2/c1-2-15-8-10-16(11-9-15)14-20-18(12-13-19)17-6-4-3-5-7-17/h3-11,18,20H,2,12,14H2,1H3. The van der Waals surface area contributed by atoms with Crippen LogP contribution >= 0.6 is 0 Å². The number of nitrogens with one attached hydrogen (secondary N) is 1. The number of nitrogens with zero attached hydrogens (tertiary/aromatic N) is 1. The summed E-state index contributed by atoms with van der Waals surface area (Å²) >= 11 is 0. The number of aryl methyl sites for hydroxylation is 1. The molecule has 0 aliphatic carbocycles. The van der Waals surface area contributed by atoms with Gasteiger partial charge in [0.15, 0.2) is 0 Å². The lowest BCUT2D eigenvalue weighted by molar-refractivity contribution is 0.542. The van der Waals surface area contributed by atoms with Crippen LogP contribution in [0, 0.1) is 11.3 Å². The number of hydrogen-bond donors (Lipinski definition) is 1. The van der Waals surface area contributed by atoms with E-state index in [-0.39, 0.29) is 6.04 Å². The monoisotopic (exact) mass is 264 g/mol. The summed E-state index contributed by atoms with van der Waals surface area (Å²) < 4.78 is 0. The molecule has 2 rings (SSSR count). The molecule has 0 fully saturated rings. The molecule has 0 spiro atoms. The Hall–Kier alpha value is -2.11. The first-order valence-electron chi connectivity index (χ1n) is 7.06. The second-order valence-corrected chi connectivity index (χ2v) is 4.88. The maximum absolute atomic E-state index is 8.97. The van der Waals surface area contributed by atoms with Crippen LogP contribution in [0.3, 0.4) is 0 Å². The number of hydrogen-bond acceptors (Lipinski definition) is 2. The van der Waals surface area contributed by atoms with Crippen molar-refractivity contribution in [3.63, 3.8) is 0 Å². The molecule has 2 nitrogen and oxygen atoms in total. The van der Waals surface area contributed by atoms with Crippen molar-refractivity contribution in [2.24, 2.45) is 0 Å². The van der Waals surface area contributed by atoms with Gasteiger partial charge in [-0.25, -0.2) is 0 Å². The smallest absolute Gasteiger partial charge is 0.0641 e. The van der Waals surface area contributed by atoms with E-state index in [2.05, 4.69) is 54.7 Å². The highest BCUT2D eigenvalue weighted by molar-refractivity contribution is 5.24. The van der Waals surface area contributed by atoms with E-state index >= 15 is 0 Å². The van der Waals surface area contributed by atoms with Gasteiger partial charge in [0, 0.05) is 12.6 Å².